The van der Waals surface area contributed by atoms with Crippen molar-refractivity contribution in [3.05, 3.63) is 23.2 Å². The third-order valence-electron chi connectivity index (χ3n) is 1.73. The van der Waals surface area contributed by atoms with Crippen LogP contribution in [-0.2, 0) is 0 Å². The minimum absolute atomic E-state index is 0.756. The fourth-order valence-corrected chi connectivity index (χ4v) is 2.82. The lowest BCUT2D eigenvalue weighted by Gasteiger charge is -2.05. The van der Waals surface area contributed by atoms with Crippen molar-refractivity contribution in [1.82, 2.24) is 0 Å². The van der Waals surface area contributed by atoms with Crippen molar-refractivity contribution in [1.29, 1.82) is 0 Å². The Labute approximate surface area is 98.8 Å². The van der Waals surface area contributed by atoms with Gasteiger partial charge in [-0.25, -0.2) is 0 Å². The summed E-state index contributed by atoms with van der Waals surface area (Å²) in [5.41, 5.74) is 6.64. The summed E-state index contributed by atoms with van der Waals surface area (Å²) in [7, 11) is 0. The maximum atomic E-state index is 5.88. The zero-order valence-electron chi connectivity index (χ0n) is 8.13. The van der Waals surface area contributed by atoms with E-state index >= 15 is 0 Å². The van der Waals surface area contributed by atoms with E-state index in [1.165, 1.54) is 12.2 Å². The standard InChI is InChI=1S/C10H14ClNS2/c1-13-5-2-6-14-10-7-8(11)3-4-9(10)12/h3-4,7H,2,5-6,12H2,1H3. The normalized spacial score (nSPS) is 10.4. The van der Waals surface area contributed by atoms with Crippen LogP contribution in [0.3, 0.4) is 0 Å². The van der Waals surface area contributed by atoms with E-state index in [-0.39, 0.29) is 0 Å². The molecule has 14 heavy (non-hydrogen) atoms. The van der Waals surface area contributed by atoms with Crippen LogP contribution >= 0.6 is 35.1 Å². The SMILES string of the molecule is CSCCCSc1cc(Cl)ccc1N. The summed E-state index contributed by atoms with van der Waals surface area (Å²) in [6, 6.07) is 5.61. The first-order valence-electron chi connectivity index (χ1n) is 4.41. The molecule has 1 aromatic rings. The Morgan fingerprint density at radius 1 is 1.36 bits per heavy atom. The molecule has 0 unspecified atom stereocenters. The molecule has 1 nitrogen and oxygen atoms in total. The molecular weight excluding hydrogens is 234 g/mol. The van der Waals surface area contributed by atoms with Crippen molar-refractivity contribution >= 4 is 40.8 Å². The van der Waals surface area contributed by atoms with Gasteiger partial charge in [0.15, 0.2) is 0 Å². The van der Waals surface area contributed by atoms with Crippen molar-refractivity contribution in [3.63, 3.8) is 0 Å². The molecular formula is C10H14ClNS2. The Morgan fingerprint density at radius 2 is 2.14 bits per heavy atom. The Kier molecular flexibility index (Phi) is 5.60. The Hall–Kier alpha value is 0.01000. The molecule has 4 heteroatoms. The van der Waals surface area contributed by atoms with Crippen LogP contribution in [0, 0.1) is 0 Å². The summed E-state index contributed by atoms with van der Waals surface area (Å²) in [5.74, 6) is 2.30. The van der Waals surface area contributed by atoms with Crippen LogP contribution in [0.15, 0.2) is 23.1 Å². The maximum absolute atomic E-state index is 5.88. The number of thioether (sulfide) groups is 2. The summed E-state index contributed by atoms with van der Waals surface area (Å²) in [4.78, 5) is 1.10. The van der Waals surface area contributed by atoms with Crippen molar-refractivity contribution in [2.24, 2.45) is 0 Å². The average Bonchev–Trinajstić information content (AvgIpc) is 2.18. The molecule has 0 aliphatic rings. The largest absolute Gasteiger partial charge is 0.398 e. The molecule has 0 amide bonds. The third-order valence-corrected chi connectivity index (χ3v) is 3.82. The summed E-state index contributed by atoms with van der Waals surface area (Å²) < 4.78 is 0. The van der Waals surface area contributed by atoms with Gasteiger partial charge in [-0.2, -0.15) is 11.8 Å². The van der Waals surface area contributed by atoms with Gasteiger partial charge >= 0.3 is 0 Å². The number of nitrogens with two attached hydrogens (primary N) is 1. The molecule has 0 heterocycles. The lowest BCUT2D eigenvalue weighted by Crippen LogP contribution is -1.90. The second-order valence-corrected chi connectivity index (χ2v) is 5.44. The van der Waals surface area contributed by atoms with E-state index in [0.29, 0.717) is 0 Å². The first kappa shape index (κ1) is 12.1. The second kappa shape index (κ2) is 6.49. The third kappa shape index (κ3) is 4.03. The highest BCUT2D eigenvalue weighted by Gasteiger charge is 2.00. The Bertz CT molecular complexity index is 291. The quantitative estimate of drug-likeness (QED) is 0.487. The van der Waals surface area contributed by atoms with Crippen LogP contribution in [0.1, 0.15) is 6.42 Å². The number of hydrogen-bond donors (Lipinski definition) is 1. The minimum atomic E-state index is 0.756. The number of hydrogen-bond acceptors (Lipinski definition) is 3. The van der Waals surface area contributed by atoms with E-state index in [0.717, 1.165) is 21.4 Å². The molecule has 0 radical (unpaired) electrons. The molecule has 0 spiro atoms. The monoisotopic (exact) mass is 247 g/mol. The molecule has 2 N–H and O–H groups in total. The Morgan fingerprint density at radius 3 is 2.86 bits per heavy atom. The zero-order valence-corrected chi connectivity index (χ0v) is 10.5. The molecule has 0 aromatic heterocycles. The number of nitrogen functional groups attached to an aromatic ring is 1. The molecule has 0 atom stereocenters. The van der Waals surface area contributed by atoms with Gasteiger partial charge in [-0.3, -0.25) is 0 Å². The van der Waals surface area contributed by atoms with Gasteiger partial charge < -0.3 is 5.73 Å². The highest BCUT2D eigenvalue weighted by Crippen LogP contribution is 2.28. The maximum Gasteiger partial charge on any atom is 0.0453 e. The first-order chi connectivity index (χ1) is 6.74. The number of benzene rings is 1. The van der Waals surface area contributed by atoms with Crippen molar-refractivity contribution in [2.45, 2.75) is 11.3 Å². The lowest BCUT2D eigenvalue weighted by atomic mass is 10.3. The topological polar surface area (TPSA) is 26.0 Å². The number of anilines is 1. The molecule has 0 fully saturated rings. The predicted molar refractivity (Wildman–Crippen MR) is 69.6 cm³/mol. The smallest absolute Gasteiger partial charge is 0.0453 e. The molecule has 0 saturated heterocycles. The van der Waals surface area contributed by atoms with Crippen LogP contribution in [0.4, 0.5) is 5.69 Å². The molecule has 78 valence electrons. The lowest BCUT2D eigenvalue weighted by molar-refractivity contribution is 1.12. The van der Waals surface area contributed by atoms with E-state index in [1.807, 2.05) is 30.0 Å². The van der Waals surface area contributed by atoms with Gasteiger partial charge in [-0.1, -0.05) is 11.6 Å². The van der Waals surface area contributed by atoms with Gasteiger partial charge in [-0.05, 0) is 42.4 Å². The summed E-state index contributed by atoms with van der Waals surface area (Å²) in [5, 5.41) is 0.756. The van der Waals surface area contributed by atoms with Crippen molar-refractivity contribution < 1.29 is 0 Å². The molecule has 0 bridgehead atoms. The van der Waals surface area contributed by atoms with Crippen LogP contribution in [-0.4, -0.2) is 17.8 Å². The average molecular weight is 248 g/mol. The van der Waals surface area contributed by atoms with E-state index in [1.54, 1.807) is 11.8 Å². The van der Waals surface area contributed by atoms with E-state index < -0.39 is 0 Å². The van der Waals surface area contributed by atoms with Gasteiger partial charge in [0.25, 0.3) is 0 Å². The summed E-state index contributed by atoms with van der Waals surface area (Å²) in [6.45, 7) is 0. The predicted octanol–water partition coefficient (Wildman–Crippen LogP) is 3.77. The highest BCUT2D eigenvalue weighted by molar-refractivity contribution is 8.00. The van der Waals surface area contributed by atoms with Crippen LogP contribution in [0.5, 0.6) is 0 Å². The van der Waals surface area contributed by atoms with Gasteiger partial charge in [0.2, 0.25) is 0 Å². The van der Waals surface area contributed by atoms with Gasteiger partial charge in [0.1, 0.15) is 0 Å². The molecule has 0 aliphatic heterocycles. The number of rotatable bonds is 5. The van der Waals surface area contributed by atoms with Gasteiger partial charge in [0.05, 0.1) is 0 Å². The van der Waals surface area contributed by atoms with Crippen molar-refractivity contribution in [2.75, 3.05) is 23.5 Å². The molecule has 1 aromatic carbocycles. The van der Waals surface area contributed by atoms with Crippen LogP contribution in [0.25, 0.3) is 0 Å². The first-order valence-corrected chi connectivity index (χ1v) is 7.16. The van der Waals surface area contributed by atoms with Crippen molar-refractivity contribution in [3.8, 4) is 0 Å². The number of halogens is 1. The minimum Gasteiger partial charge on any atom is -0.398 e. The van der Waals surface area contributed by atoms with E-state index in [4.69, 9.17) is 17.3 Å². The van der Waals surface area contributed by atoms with E-state index in [2.05, 4.69) is 6.26 Å². The molecule has 0 saturated carbocycles. The van der Waals surface area contributed by atoms with Gasteiger partial charge in [0, 0.05) is 15.6 Å². The second-order valence-electron chi connectivity index (χ2n) is 2.88. The fraction of sp³-hybridized carbons (Fsp3) is 0.400. The van der Waals surface area contributed by atoms with E-state index in [9.17, 15) is 0 Å². The fourth-order valence-electron chi connectivity index (χ4n) is 1.02. The molecule has 1 rings (SSSR count). The summed E-state index contributed by atoms with van der Waals surface area (Å²) in [6.07, 6.45) is 3.33. The van der Waals surface area contributed by atoms with Gasteiger partial charge in [-0.15, -0.1) is 11.8 Å². The Balaban J connectivity index is 2.45. The molecule has 0 aliphatic carbocycles. The van der Waals surface area contributed by atoms with Crippen LogP contribution in [0.2, 0.25) is 5.02 Å². The van der Waals surface area contributed by atoms with Crippen LogP contribution < -0.4 is 5.73 Å². The summed E-state index contributed by atoms with van der Waals surface area (Å²) >= 11 is 9.54. The zero-order chi connectivity index (χ0) is 10.4. The highest BCUT2D eigenvalue weighted by atomic mass is 35.5.